The van der Waals surface area contributed by atoms with E-state index in [0.717, 1.165) is 44.1 Å². The van der Waals surface area contributed by atoms with Gasteiger partial charge in [-0.1, -0.05) is 24.3 Å². The lowest BCUT2D eigenvalue weighted by Crippen LogP contribution is -2.46. The topological polar surface area (TPSA) is 58.4 Å². The fourth-order valence-electron chi connectivity index (χ4n) is 4.59. The molecule has 28 heavy (non-hydrogen) atoms. The molecule has 0 bridgehead atoms. The van der Waals surface area contributed by atoms with E-state index in [-0.39, 0.29) is 17.5 Å². The van der Waals surface area contributed by atoms with Gasteiger partial charge in [0.05, 0.1) is 34.6 Å². The predicted molar refractivity (Wildman–Crippen MR) is 113 cm³/mol. The lowest BCUT2D eigenvalue weighted by molar-refractivity contribution is 0.249. The second kappa shape index (κ2) is 7.52. The second-order valence-electron chi connectivity index (χ2n) is 8.21. The minimum absolute atomic E-state index is 0.0141. The molecule has 0 N–H and O–H groups in total. The molecule has 0 spiro atoms. The van der Waals surface area contributed by atoms with Crippen LogP contribution in [0.1, 0.15) is 35.0 Å². The summed E-state index contributed by atoms with van der Waals surface area (Å²) in [5, 5.41) is 4.73. The molecule has 0 aliphatic carbocycles. The molecule has 4 rings (SSSR count). The Hall–Kier alpha value is -1.86. The van der Waals surface area contributed by atoms with E-state index >= 15 is 0 Å². The first-order valence-electron chi connectivity index (χ1n) is 10.1. The molecule has 1 aromatic heterocycles. The average Bonchev–Trinajstić information content (AvgIpc) is 3.16. The monoisotopic (exact) mass is 402 g/mol. The van der Waals surface area contributed by atoms with Crippen LogP contribution in [0.5, 0.6) is 0 Å². The van der Waals surface area contributed by atoms with Crippen LogP contribution in [0.3, 0.4) is 0 Å². The third kappa shape index (κ3) is 3.82. The van der Waals surface area contributed by atoms with E-state index < -0.39 is 9.84 Å². The van der Waals surface area contributed by atoms with Crippen LogP contribution in [-0.4, -0.2) is 60.8 Å². The van der Waals surface area contributed by atoms with Gasteiger partial charge in [0.15, 0.2) is 9.84 Å². The fraction of sp³-hybridized carbons (Fsp3) is 0.571. The van der Waals surface area contributed by atoms with Crippen molar-refractivity contribution in [3.8, 4) is 0 Å². The highest BCUT2D eigenvalue weighted by Crippen LogP contribution is 2.31. The van der Waals surface area contributed by atoms with Gasteiger partial charge in [0, 0.05) is 32.7 Å². The van der Waals surface area contributed by atoms with E-state index in [4.69, 9.17) is 5.10 Å². The number of hydrogen-bond donors (Lipinski definition) is 0. The summed E-state index contributed by atoms with van der Waals surface area (Å²) in [6.07, 6.45) is 0.675. The molecular weight excluding hydrogens is 372 g/mol. The molecule has 3 heterocycles. The van der Waals surface area contributed by atoms with Crippen LogP contribution >= 0.6 is 0 Å². The highest BCUT2D eigenvalue weighted by atomic mass is 32.2. The van der Waals surface area contributed by atoms with Gasteiger partial charge in [0.1, 0.15) is 0 Å². The number of nitrogens with zero attached hydrogens (tertiary/aromatic N) is 4. The molecule has 1 aromatic carbocycles. The Balaban J connectivity index is 1.44. The van der Waals surface area contributed by atoms with Gasteiger partial charge < -0.3 is 4.90 Å². The van der Waals surface area contributed by atoms with Crippen LogP contribution in [0.25, 0.3) is 0 Å². The maximum absolute atomic E-state index is 11.9. The SMILES string of the molecule is Cc1ccccc1CN1CCN(c2c(C)nn(C3CCS(=O)(=O)C3)c2C)CC1. The van der Waals surface area contributed by atoms with Crippen LogP contribution in [-0.2, 0) is 16.4 Å². The van der Waals surface area contributed by atoms with Crippen LogP contribution in [0, 0.1) is 20.8 Å². The molecule has 2 aromatic rings. The number of rotatable bonds is 4. The maximum atomic E-state index is 11.9. The summed E-state index contributed by atoms with van der Waals surface area (Å²) in [7, 11) is -2.91. The fourth-order valence-corrected chi connectivity index (χ4v) is 6.29. The molecule has 7 heteroatoms. The summed E-state index contributed by atoms with van der Waals surface area (Å²) in [4.78, 5) is 4.93. The average molecular weight is 403 g/mol. The van der Waals surface area contributed by atoms with Crippen molar-refractivity contribution in [3.05, 3.63) is 46.8 Å². The summed E-state index contributed by atoms with van der Waals surface area (Å²) in [5.74, 6) is 0.502. The lowest BCUT2D eigenvalue weighted by atomic mass is 10.1. The van der Waals surface area contributed by atoms with E-state index in [0.29, 0.717) is 6.42 Å². The molecule has 2 aliphatic rings. The van der Waals surface area contributed by atoms with Gasteiger partial charge in [0.25, 0.3) is 0 Å². The van der Waals surface area contributed by atoms with Gasteiger partial charge in [-0.15, -0.1) is 0 Å². The summed E-state index contributed by atoms with van der Waals surface area (Å²) in [6.45, 7) is 11.3. The van der Waals surface area contributed by atoms with E-state index in [1.54, 1.807) is 0 Å². The molecule has 2 saturated heterocycles. The van der Waals surface area contributed by atoms with Gasteiger partial charge in [-0.2, -0.15) is 5.10 Å². The first kappa shape index (κ1) is 19.5. The largest absolute Gasteiger partial charge is 0.366 e. The molecule has 0 amide bonds. The summed E-state index contributed by atoms with van der Waals surface area (Å²) >= 11 is 0. The number of anilines is 1. The molecule has 2 aliphatic heterocycles. The quantitative estimate of drug-likeness (QED) is 0.786. The summed E-state index contributed by atoms with van der Waals surface area (Å²) in [6, 6.07) is 8.59. The second-order valence-corrected chi connectivity index (χ2v) is 10.4. The standard InChI is InChI=1S/C21H30N4O2S/c1-16-6-4-5-7-19(16)14-23-9-11-24(12-10-23)21-17(2)22-25(18(21)3)20-8-13-28(26,27)15-20/h4-7,20H,8-15H2,1-3H3. The van der Waals surface area contributed by atoms with Crippen molar-refractivity contribution in [2.45, 2.75) is 39.8 Å². The molecular formula is C21H30N4O2S. The Morgan fingerprint density at radius 3 is 2.43 bits per heavy atom. The van der Waals surface area contributed by atoms with Crippen molar-refractivity contribution >= 4 is 15.5 Å². The molecule has 2 fully saturated rings. The predicted octanol–water partition coefficient (Wildman–Crippen LogP) is 2.49. The van der Waals surface area contributed by atoms with Gasteiger partial charge >= 0.3 is 0 Å². The van der Waals surface area contributed by atoms with E-state index in [1.165, 1.54) is 16.8 Å². The van der Waals surface area contributed by atoms with Crippen molar-refractivity contribution in [3.63, 3.8) is 0 Å². The van der Waals surface area contributed by atoms with Crippen LogP contribution in [0.15, 0.2) is 24.3 Å². The van der Waals surface area contributed by atoms with Crippen molar-refractivity contribution in [2.24, 2.45) is 0 Å². The first-order valence-corrected chi connectivity index (χ1v) is 11.9. The van der Waals surface area contributed by atoms with Gasteiger partial charge in [-0.25, -0.2) is 8.42 Å². The number of piperazine rings is 1. The molecule has 1 atom stereocenters. The normalized spacial score (nSPS) is 22.7. The zero-order valence-corrected chi connectivity index (χ0v) is 17.9. The zero-order valence-electron chi connectivity index (χ0n) is 17.1. The maximum Gasteiger partial charge on any atom is 0.152 e. The molecule has 0 saturated carbocycles. The first-order chi connectivity index (χ1) is 13.3. The van der Waals surface area contributed by atoms with Crippen molar-refractivity contribution in [1.82, 2.24) is 14.7 Å². The van der Waals surface area contributed by atoms with Crippen LogP contribution < -0.4 is 4.90 Å². The lowest BCUT2D eigenvalue weighted by Gasteiger charge is -2.36. The molecule has 6 nitrogen and oxygen atoms in total. The number of hydrogen-bond acceptors (Lipinski definition) is 5. The Bertz CT molecular complexity index is 959. The van der Waals surface area contributed by atoms with E-state index in [2.05, 4.69) is 47.9 Å². The zero-order chi connectivity index (χ0) is 19.9. The Morgan fingerprint density at radius 2 is 1.79 bits per heavy atom. The number of aromatic nitrogens is 2. The smallest absolute Gasteiger partial charge is 0.152 e. The number of benzene rings is 1. The Kier molecular flexibility index (Phi) is 5.22. The number of aryl methyl sites for hydroxylation is 2. The summed E-state index contributed by atoms with van der Waals surface area (Å²) in [5.41, 5.74) is 6.06. The molecule has 152 valence electrons. The molecule has 0 radical (unpaired) electrons. The van der Waals surface area contributed by atoms with E-state index in [1.807, 2.05) is 11.6 Å². The van der Waals surface area contributed by atoms with Gasteiger partial charge in [0.2, 0.25) is 0 Å². The Morgan fingerprint density at radius 1 is 1.07 bits per heavy atom. The van der Waals surface area contributed by atoms with Crippen molar-refractivity contribution < 1.29 is 8.42 Å². The number of sulfone groups is 1. The summed E-state index contributed by atoms with van der Waals surface area (Å²) < 4.78 is 25.7. The van der Waals surface area contributed by atoms with Gasteiger partial charge in [-0.3, -0.25) is 9.58 Å². The third-order valence-corrected chi connectivity index (χ3v) is 7.94. The van der Waals surface area contributed by atoms with Crippen LogP contribution in [0.4, 0.5) is 5.69 Å². The van der Waals surface area contributed by atoms with Crippen molar-refractivity contribution in [1.29, 1.82) is 0 Å². The Labute approximate surface area is 168 Å². The van der Waals surface area contributed by atoms with Crippen LogP contribution in [0.2, 0.25) is 0 Å². The van der Waals surface area contributed by atoms with Gasteiger partial charge in [-0.05, 0) is 38.3 Å². The minimum atomic E-state index is -2.91. The highest BCUT2D eigenvalue weighted by molar-refractivity contribution is 7.91. The minimum Gasteiger partial charge on any atom is -0.366 e. The molecule has 1 unspecified atom stereocenters. The highest BCUT2D eigenvalue weighted by Gasteiger charge is 2.32. The van der Waals surface area contributed by atoms with E-state index in [9.17, 15) is 8.42 Å². The van der Waals surface area contributed by atoms with Crippen molar-refractivity contribution in [2.75, 3.05) is 42.6 Å². The third-order valence-electron chi connectivity index (χ3n) is 6.18.